The Morgan fingerprint density at radius 2 is 0.519 bits per heavy atom. The van der Waals surface area contributed by atoms with Crippen molar-refractivity contribution in [3.63, 3.8) is 0 Å². The number of fused-ring (bicyclic) bond motifs is 36. The summed E-state index contributed by atoms with van der Waals surface area (Å²) in [5.74, 6) is 1.66. The number of ether oxygens (including phenoxy) is 4. The minimum atomic E-state index is -0.875. The third-order valence-electron chi connectivity index (χ3n) is 24.4. The van der Waals surface area contributed by atoms with Gasteiger partial charge in [-0.3, -0.25) is 0 Å². The van der Waals surface area contributed by atoms with Gasteiger partial charge in [-0.1, -0.05) is 170 Å². The summed E-state index contributed by atoms with van der Waals surface area (Å²) in [5, 5.41) is 10.8. The van der Waals surface area contributed by atoms with Crippen LogP contribution in [0.4, 0.5) is 51.7 Å². The zero-order valence-electron chi connectivity index (χ0n) is 55.4. The van der Waals surface area contributed by atoms with Gasteiger partial charge in [0, 0.05) is 77.5 Å². The highest BCUT2D eigenvalue weighted by molar-refractivity contribution is 7.04. The molecule has 21 aromatic rings. The number of aromatic nitrogens is 3. The fourth-order valence-electron chi connectivity index (χ4n) is 20.7. The topological polar surface area (TPSA) is 56.6 Å². The first-order valence-corrected chi connectivity index (χ1v) is 35.8. The fraction of sp³-hybridized carbons (Fsp3) is 0. The first kappa shape index (κ1) is 55.1. The summed E-state index contributed by atoms with van der Waals surface area (Å²) in [5.41, 5.74) is 16.5. The SMILES string of the molecule is Fc1cccc(F)c1N1c2cc3c(cc2B2c4cc5c(cc4N(c4c(F)cccc4F)c4c2c1c1c2ccccc2n2c6ccccc6c4c12)Oc1c2c(c4c6ccccc6n6c7ccccc7c1c46)Oc1ccccc1B52)B1c2ccccc2Oc2c1c(c1c4ccccc4n4c5ccccc5c2c14)O3. The van der Waals surface area contributed by atoms with Crippen molar-refractivity contribution in [3.8, 4) is 46.0 Å². The molecule has 16 heteroatoms. The molecule has 0 atom stereocenters. The minimum Gasteiger partial charge on any atom is -0.458 e. The number of rotatable bonds is 2. The lowest BCUT2D eigenvalue weighted by Gasteiger charge is -2.46. The van der Waals surface area contributed by atoms with Crippen LogP contribution < -0.4 is 77.9 Å². The van der Waals surface area contributed by atoms with E-state index in [0.717, 1.165) is 131 Å². The van der Waals surface area contributed by atoms with E-state index >= 15 is 17.6 Å². The van der Waals surface area contributed by atoms with Crippen molar-refractivity contribution < 1.29 is 36.5 Å². The van der Waals surface area contributed by atoms with Crippen molar-refractivity contribution in [2.24, 2.45) is 0 Å². The molecular formula is C90H42B3F4N5O4. The minimum absolute atomic E-state index is 0.334. The van der Waals surface area contributed by atoms with Gasteiger partial charge < -0.3 is 41.9 Å². The number of nitrogens with zero attached hydrogens (tertiary/aromatic N) is 5. The average Bonchev–Trinajstić information content (AvgIpc) is 1.31. The maximum atomic E-state index is 18.4. The van der Waals surface area contributed by atoms with E-state index in [1.165, 1.54) is 36.4 Å². The molecule has 106 heavy (non-hydrogen) atoms. The van der Waals surface area contributed by atoms with E-state index in [1.807, 2.05) is 72.8 Å². The second-order valence-electron chi connectivity index (χ2n) is 29.2. The van der Waals surface area contributed by atoms with E-state index in [-0.39, 0.29) is 11.4 Å². The quantitative estimate of drug-likeness (QED) is 0.127. The van der Waals surface area contributed by atoms with Gasteiger partial charge in [-0.25, -0.2) is 17.6 Å². The normalized spacial score (nSPS) is 14.2. The van der Waals surface area contributed by atoms with E-state index < -0.39 is 43.4 Å². The molecule has 6 aliphatic heterocycles. The molecule has 0 bridgehead atoms. The van der Waals surface area contributed by atoms with E-state index in [9.17, 15) is 0 Å². The number of hydrogen-bond acceptors (Lipinski definition) is 6. The van der Waals surface area contributed by atoms with Gasteiger partial charge in [0.05, 0.1) is 82.6 Å². The fourth-order valence-corrected chi connectivity index (χ4v) is 20.7. The molecule has 0 unspecified atom stereocenters. The molecule has 9 nitrogen and oxygen atoms in total. The van der Waals surface area contributed by atoms with Crippen molar-refractivity contribution in [2.45, 2.75) is 0 Å². The molecule has 0 amide bonds. The smallest absolute Gasteiger partial charge is 0.260 e. The predicted octanol–water partition coefficient (Wildman–Crippen LogP) is 17.2. The van der Waals surface area contributed by atoms with Crippen molar-refractivity contribution in [2.75, 3.05) is 9.80 Å². The van der Waals surface area contributed by atoms with Gasteiger partial charge in [0.15, 0.2) is 0 Å². The van der Waals surface area contributed by atoms with Gasteiger partial charge in [-0.05, 0) is 111 Å². The highest BCUT2D eigenvalue weighted by Gasteiger charge is 2.53. The Kier molecular flexibility index (Phi) is 9.67. The van der Waals surface area contributed by atoms with E-state index in [0.29, 0.717) is 101 Å². The molecule has 27 rings (SSSR count). The van der Waals surface area contributed by atoms with E-state index in [2.05, 4.69) is 159 Å². The first-order valence-electron chi connectivity index (χ1n) is 35.8. The zero-order valence-corrected chi connectivity index (χ0v) is 55.4. The molecule has 12 heterocycles. The lowest BCUT2D eigenvalue weighted by molar-refractivity contribution is 0.471. The Morgan fingerprint density at radius 3 is 0.868 bits per heavy atom. The molecular weight excluding hydrogens is 1320 g/mol. The molecule has 488 valence electrons. The van der Waals surface area contributed by atoms with Gasteiger partial charge in [0.2, 0.25) is 0 Å². The van der Waals surface area contributed by atoms with Crippen molar-refractivity contribution in [1.82, 2.24) is 13.2 Å². The summed E-state index contributed by atoms with van der Waals surface area (Å²) in [6.45, 7) is -1.95. The summed E-state index contributed by atoms with van der Waals surface area (Å²) in [6.07, 6.45) is 0. The summed E-state index contributed by atoms with van der Waals surface area (Å²) >= 11 is 0. The number of halogens is 4. The van der Waals surface area contributed by atoms with Crippen LogP contribution in [-0.4, -0.2) is 33.3 Å². The average molecular weight is 1370 g/mol. The van der Waals surface area contributed by atoms with Gasteiger partial charge in [-0.2, -0.15) is 0 Å². The van der Waals surface area contributed by atoms with E-state index in [4.69, 9.17) is 18.9 Å². The van der Waals surface area contributed by atoms with Crippen LogP contribution >= 0.6 is 0 Å². The predicted molar refractivity (Wildman–Crippen MR) is 420 cm³/mol. The number of anilines is 6. The maximum absolute atomic E-state index is 18.4. The molecule has 0 spiro atoms. The number of hydrogen-bond donors (Lipinski definition) is 0. The second-order valence-corrected chi connectivity index (χ2v) is 29.2. The summed E-state index contributed by atoms with van der Waals surface area (Å²) in [6, 6.07) is 82.8. The summed E-state index contributed by atoms with van der Waals surface area (Å²) in [7, 11) is 0. The van der Waals surface area contributed by atoms with Crippen molar-refractivity contribution in [3.05, 3.63) is 278 Å². The molecule has 15 aromatic carbocycles. The second kappa shape index (κ2) is 18.6. The molecule has 0 radical (unpaired) electrons. The summed E-state index contributed by atoms with van der Waals surface area (Å²) < 4.78 is 111. The molecule has 0 saturated carbocycles. The Balaban J connectivity index is 0.838. The lowest BCUT2D eigenvalue weighted by Crippen LogP contribution is -2.65. The van der Waals surface area contributed by atoms with Crippen LogP contribution in [0.2, 0.25) is 0 Å². The molecule has 0 aliphatic carbocycles. The Labute approximate surface area is 597 Å². The summed E-state index contributed by atoms with van der Waals surface area (Å²) in [4.78, 5) is 3.52. The molecule has 0 N–H and O–H groups in total. The standard InChI is InChI=1S/C90H42B3F4N5O4/c94-55-27-17-28-56(95)80(55)101-65-41-69-53(91-49-25-7-15-37-67(49)103-87-73-45-21-3-11-33-61(45)99-63-35-13-5-23-47(63)75(83(73)99)89(105-69)78(87)91)39-51(65)93-52-40-54-70(106-90-76-48-24-6-14-36-64(48)100-62-34-12-4-22-46(62)74(84(76)100)88-79(90)92(54)50-26-8-16-38-68(50)104-88)42-66(52)102(81-57(96)29-18-30-58(81)97)86-72-44-20-2-10-32-60(44)98-59-31-9-1-19-43(59)71(82(72)98)85(101)77(86)93/h1-42H. The highest BCUT2D eigenvalue weighted by Crippen LogP contribution is 2.59. The highest BCUT2D eigenvalue weighted by atomic mass is 19.1. The maximum Gasteiger partial charge on any atom is 0.260 e. The van der Waals surface area contributed by atoms with Crippen LogP contribution in [0.3, 0.4) is 0 Å². The van der Waals surface area contributed by atoms with Crippen LogP contribution in [0, 0.1) is 23.3 Å². The van der Waals surface area contributed by atoms with Gasteiger partial charge in [-0.15, -0.1) is 0 Å². The first-order chi connectivity index (χ1) is 52.3. The van der Waals surface area contributed by atoms with E-state index in [1.54, 1.807) is 9.80 Å². The zero-order chi connectivity index (χ0) is 68.9. The molecule has 0 saturated heterocycles. The van der Waals surface area contributed by atoms with Crippen molar-refractivity contribution in [1.29, 1.82) is 0 Å². The van der Waals surface area contributed by atoms with Crippen LogP contribution in [0.25, 0.3) is 114 Å². The van der Waals surface area contributed by atoms with Crippen LogP contribution in [0.15, 0.2) is 255 Å². The largest absolute Gasteiger partial charge is 0.458 e. The lowest BCUT2D eigenvalue weighted by atomic mass is 9.29. The number of para-hydroxylation sites is 10. The third kappa shape index (κ3) is 6.17. The third-order valence-corrected chi connectivity index (χ3v) is 24.4. The Hall–Kier alpha value is -13.6. The Morgan fingerprint density at radius 1 is 0.236 bits per heavy atom. The van der Waals surface area contributed by atoms with Crippen LogP contribution in [-0.2, 0) is 0 Å². The van der Waals surface area contributed by atoms with Gasteiger partial charge in [0.1, 0.15) is 80.6 Å². The van der Waals surface area contributed by atoms with Crippen LogP contribution in [0.5, 0.6) is 46.0 Å². The molecule has 6 aliphatic rings. The number of benzene rings is 15. The molecule has 6 aromatic heterocycles. The van der Waals surface area contributed by atoms with Crippen molar-refractivity contribution >= 4 is 218 Å². The van der Waals surface area contributed by atoms with Crippen LogP contribution in [0.1, 0.15) is 0 Å². The monoisotopic (exact) mass is 1370 g/mol. The molecule has 0 fully saturated rings. The van der Waals surface area contributed by atoms with Gasteiger partial charge in [0.25, 0.3) is 20.1 Å². The Bertz CT molecular complexity index is 7310. The van der Waals surface area contributed by atoms with Gasteiger partial charge >= 0.3 is 0 Å².